The van der Waals surface area contributed by atoms with E-state index in [9.17, 15) is 18.0 Å². The number of rotatable bonds is 6. The van der Waals surface area contributed by atoms with E-state index in [4.69, 9.17) is 5.11 Å². The third-order valence-corrected chi connectivity index (χ3v) is 5.75. The SMILES string of the molecule is CC(CN1CCCC1=O)NS(=O)(=O)c1csc(C(=O)O)c1. The van der Waals surface area contributed by atoms with Crippen molar-refractivity contribution < 1.29 is 23.1 Å². The Morgan fingerprint density at radius 3 is 2.81 bits per heavy atom. The summed E-state index contributed by atoms with van der Waals surface area (Å²) in [6.45, 7) is 2.63. The molecule has 21 heavy (non-hydrogen) atoms. The van der Waals surface area contributed by atoms with E-state index in [1.165, 1.54) is 5.38 Å². The van der Waals surface area contributed by atoms with Crippen LogP contribution in [0, 0.1) is 0 Å². The molecule has 1 aromatic rings. The summed E-state index contributed by atoms with van der Waals surface area (Å²) < 4.78 is 26.7. The first-order chi connectivity index (χ1) is 9.79. The molecular weight excluding hydrogens is 316 g/mol. The number of hydrogen-bond donors (Lipinski definition) is 2. The van der Waals surface area contributed by atoms with Gasteiger partial charge in [0, 0.05) is 30.9 Å². The van der Waals surface area contributed by atoms with Gasteiger partial charge >= 0.3 is 5.97 Å². The third-order valence-electron chi connectivity index (χ3n) is 3.12. The molecule has 0 aliphatic carbocycles. The van der Waals surface area contributed by atoms with Crippen LogP contribution in [0.1, 0.15) is 29.4 Å². The lowest BCUT2D eigenvalue weighted by Gasteiger charge is -2.21. The average Bonchev–Trinajstić information content (AvgIpc) is 2.99. The molecule has 2 N–H and O–H groups in total. The molecular formula is C12H16N2O5S2. The van der Waals surface area contributed by atoms with Crippen LogP contribution in [0.25, 0.3) is 0 Å². The monoisotopic (exact) mass is 332 g/mol. The van der Waals surface area contributed by atoms with E-state index in [2.05, 4.69) is 4.72 Å². The van der Waals surface area contributed by atoms with Gasteiger partial charge in [0.2, 0.25) is 15.9 Å². The van der Waals surface area contributed by atoms with Gasteiger partial charge in [0.25, 0.3) is 0 Å². The quantitative estimate of drug-likeness (QED) is 0.799. The second-order valence-electron chi connectivity index (χ2n) is 4.92. The number of nitrogens with one attached hydrogen (secondary N) is 1. The van der Waals surface area contributed by atoms with Crippen LogP contribution in [0.3, 0.4) is 0 Å². The highest BCUT2D eigenvalue weighted by Gasteiger charge is 2.25. The van der Waals surface area contributed by atoms with Crippen LogP contribution in [0.5, 0.6) is 0 Å². The Morgan fingerprint density at radius 2 is 2.29 bits per heavy atom. The van der Waals surface area contributed by atoms with Crippen molar-refractivity contribution in [1.82, 2.24) is 9.62 Å². The van der Waals surface area contributed by atoms with Gasteiger partial charge in [-0.3, -0.25) is 4.79 Å². The Morgan fingerprint density at radius 1 is 1.57 bits per heavy atom. The number of carbonyl (C=O) groups is 2. The minimum atomic E-state index is -3.77. The van der Waals surface area contributed by atoms with Crippen molar-refractivity contribution in [2.75, 3.05) is 13.1 Å². The summed E-state index contributed by atoms with van der Waals surface area (Å²) in [5, 5.41) is 10.1. The minimum Gasteiger partial charge on any atom is -0.477 e. The lowest BCUT2D eigenvalue weighted by Crippen LogP contribution is -2.42. The van der Waals surface area contributed by atoms with Crippen molar-refractivity contribution in [1.29, 1.82) is 0 Å². The normalized spacial score (nSPS) is 17.2. The molecule has 1 aliphatic heterocycles. The van der Waals surface area contributed by atoms with E-state index in [-0.39, 0.29) is 15.7 Å². The molecule has 1 atom stereocenters. The number of sulfonamides is 1. The molecule has 1 aromatic heterocycles. The van der Waals surface area contributed by atoms with Gasteiger partial charge in [0.1, 0.15) is 4.88 Å². The second-order valence-corrected chi connectivity index (χ2v) is 7.54. The number of carboxylic acids is 1. The molecule has 9 heteroatoms. The highest BCUT2D eigenvalue weighted by Crippen LogP contribution is 2.19. The molecule has 7 nitrogen and oxygen atoms in total. The number of carbonyl (C=O) groups excluding carboxylic acids is 1. The van der Waals surface area contributed by atoms with Gasteiger partial charge in [-0.2, -0.15) is 0 Å². The molecule has 116 valence electrons. The summed E-state index contributed by atoms with van der Waals surface area (Å²) in [6.07, 6.45) is 1.30. The molecule has 2 rings (SSSR count). The van der Waals surface area contributed by atoms with Crippen molar-refractivity contribution in [2.45, 2.75) is 30.7 Å². The zero-order chi connectivity index (χ0) is 15.6. The first-order valence-electron chi connectivity index (χ1n) is 6.41. The fourth-order valence-corrected chi connectivity index (χ4v) is 4.52. The highest BCUT2D eigenvalue weighted by molar-refractivity contribution is 7.89. The Kier molecular flexibility index (Phi) is 4.64. The Balaban J connectivity index is 2.02. The largest absolute Gasteiger partial charge is 0.477 e. The number of nitrogens with zero attached hydrogens (tertiary/aromatic N) is 1. The van der Waals surface area contributed by atoms with Gasteiger partial charge in [0.15, 0.2) is 0 Å². The zero-order valence-electron chi connectivity index (χ0n) is 11.4. The van der Waals surface area contributed by atoms with Crippen LogP contribution < -0.4 is 4.72 Å². The van der Waals surface area contributed by atoms with Gasteiger partial charge < -0.3 is 10.0 Å². The number of aromatic carboxylic acids is 1. The fraction of sp³-hybridized carbons (Fsp3) is 0.500. The van der Waals surface area contributed by atoms with E-state index < -0.39 is 22.0 Å². The fourth-order valence-electron chi connectivity index (χ4n) is 2.17. The molecule has 1 aliphatic rings. The van der Waals surface area contributed by atoms with Gasteiger partial charge in [-0.05, 0) is 19.4 Å². The Bertz CT molecular complexity index is 652. The molecule has 1 amide bonds. The van der Waals surface area contributed by atoms with Crippen LogP contribution in [-0.2, 0) is 14.8 Å². The smallest absolute Gasteiger partial charge is 0.345 e. The van der Waals surface area contributed by atoms with Crippen LogP contribution >= 0.6 is 11.3 Å². The summed E-state index contributed by atoms with van der Waals surface area (Å²) in [5.41, 5.74) is 0. The molecule has 1 saturated heterocycles. The van der Waals surface area contributed by atoms with E-state index in [0.717, 1.165) is 23.8 Å². The topological polar surface area (TPSA) is 104 Å². The maximum Gasteiger partial charge on any atom is 0.345 e. The van der Waals surface area contributed by atoms with Crippen LogP contribution in [-0.4, -0.2) is 49.4 Å². The number of hydrogen-bond acceptors (Lipinski definition) is 5. The molecule has 0 saturated carbocycles. The summed E-state index contributed by atoms with van der Waals surface area (Å²) in [7, 11) is -3.77. The molecule has 0 bridgehead atoms. The second kappa shape index (κ2) is 6.12. The first-order valence-corrected chi connectivity index (χ1v) is 8.78. The van der Waals surface area contributed by atoms with Gasteiger partial charge in [-0.15, -0.1) is 11.3 Å². The number of thiophene rings is 1. The van der Waals surface area contributed by atoms with Crippen molar-refractivity contribution in [3.63, 3.8) is 0 Å². The molecule has 0 spiro atoms. The van der Waals surface area contributed by atoms with Crippen molar-refractivity contribution >= 4 is 33.2 Å². The van der Waals surface area contributed by atoms with Gasteiger partial charge in [-0.25, -0.2) is 17.9 Å². The lowest BCUT2D eigenvalue weighted by atomic mass is 10.3. The third kappa shape index (κ3) is 3.80. The standard InChI is InChI=1S/C12H16N2O5S2/c1-8(6-14-4-2-3-11(14)15)13-21(18,19)9-5-10(12(16)17)20-7-9/h5,7-8,13H,2-4,6H2,1H3,(H,16,17). The molecule has 2 heterocycles. The summed E-state index contributed by atoms with van der Waals surface area (Å²) >= 11 is 0.862. The molecule has 0 aromatic carbocycles. The van der Waals surface area contributed by atoms with Crippen LogP contribution in [0.4, 0.5) is 0 Å². The summed E-state index contributed by atoms with van der Waals surface area (Å²) in [5.74, 6) is -1.12. The molecule has 0 radical (unpaired) electrons. The van der Waals surface area contributed by atoms with Gasteiger partial charge in [0.05, 0.1) is 4.90 Å². The number of likely N-dealkylation sites (tertiary alicyclic amines) is 1. The van der Waals surface area contributed by atoms with E-state index in [1.54, 1.807) is 11.8 Å². The summed E-state index contributed by atoms with van der Waals surface area (Å²) in [4.78, 5) is 23.8. The highest BCUT2D eigenvalue weighted by atomic mass is 32.2. The van der Waals surface area contributed by atoms with E-state index >= 15 is 0 Å². The molecule has 1 fully saturated rings. The van der Waals surface area contributed by atoms with Gasteiger partial charge in [-0.1, -0.05) is 0 Å². The number of amides is 1. The summed E-state index contributed by atoms with van der Waals surface area (Å²) in [6, 6.07) is 0.688. The number of carboxylic acid groups (broad SMARTS) is 1. The zero-order valence-corrected chi connectivity index (χ0v) is 13.0. The average molecular weight is 332 g/mol. The minimum absolute atomic E-state index is 0.0299. The molecule has 1 unspecified atom stereocenters. The predicted molar refractivity (Wildman–Crippen MR) is 76.9 cm³/mol. The maximum absolute atomic E-state index is 12.1. The first kappa shape index (κ1) is 15.9. The van der Waals surface area contributed by atoms with Crippen molar-refractivity contribution in [3.05, 3.63) is 16.3 Å². The predicted octanol–water partition coefficient (Wildman–Crippen LogP) is 0.736. The van der Waals surface area contributed by atoms with Crippen LogP contribution in [0.15, 0.2) is 16.3 Å². The Hall–Kier alpha value is -1.45. The van der Waals surface area contributed by atoms with Crippen LogP contribution in [0.2, 0.25) is 0 Å². The van der Waals surface area contributed by atoms with Crippen molar-refractivity contribution in [3.8, 4) is 0 Å². The van der Waals surface area contributed by atoms with E-state index in [1.807, 2.05) is 0 Å². The lowest BCUT2D eigenvalue weighted by molar-refractivity contribution is -0.127. The van der Waals surface area contributed by atoms with Crippen molar-refractivity contribution in [2.24, 2.45) is 0 Å². The maximum atomic E-state index is 12.1. The van der Waals surface area contributed by atoms with E-state index in [0.29, 0.717) is 19.5 Å². The Labute approximate surface area is 126 Å².